The van der Waals surface area contributed by atoms with Crippen LogP contribution in [0.15, 0.2) is 77.7 Å². The van der Waals surface area contributed by atoms with E-state index in [0.29, 0.717) is 41.1 Å². The number of nitrogens with zero attached hydrogens (tertiary/aromatic N) is 1. The third-order valence-corrected chi connectivity index (χ3v) is 13.2. The highest BCUT2D eigenvalue weighted by Crippen LogP contribution is 2.47. The van der Waals surface area contributed by atoms with Gasteiger partial charge in [0.1, 0.15) is 10.5 Å². The Kier molecular flexibility index (Phi) is 11.7. The van der Waals surface area contributed by atoms with Crippen LogP contribution in [0.5, 0.6) is 0 Å². The number of rotatable bonds is 14. The van der Waals surface area contributed by atoms with Crippen molar-refractivity contribution in [3.63, 3.8) is 0 Å². The number of benzene rings is 3. The third kappa shape index (κ3) is 8.13. The molecule has 6 rings (SSSR count). The lowest BCUT2D eigenvalue weighted by atomic mass is 9.95. The van der Waals surface area contributed by atoms with Crippen molar-refractivity contribution in [2.24, 2.45) is 0 Å². The van der Waals surface area contributed by atoms with Crippen molar-refractivity contribution in [3.8, 4) is 0 Å². The molecule has 11 nitrogen and oxygen atoms in total. The highest BCUT2D eigenvalue weighted by molar-refractivity contribution is 7.89. The number of carbonyl (C=O) groups is 4. The molecule has 2 N–H and O–H groups in total. The van der Waals surface area contributed by atoms with Crippen LogP contribution in [0.3, 0.4) is 0 Å². The van der Waals surface area contributed by atoms with Gasteiger partial charge in [-0.2, -0.15) is 4.31 Å². The van der Waals surface area contributed by atoms with Crippen molar-refractivity contribution >= 4 is 55.8 Å². The molecule has 284 valence electrons. The fourth-order valence-corrected chi connectivity index (χ4v) is 10.4. The summed E-state index contributed by atoms with van der Waals surface area (Å²) in [7, 11) is -2.84. The molecule has 1 heterocycles. The van der Waals surface area contributed by atoms with Crippen molar-refractivity contribution in [2.45, 2.75) is 88.6 Å². The summed E-state index contributed by atoms with van der Waals surface area (Å²) in [6.07, 6.45) is 5.69. The Morgan fingerprint density at radius 3 is 2.11 bits per heavy atom. The molecular weight excluding hydrogens is 727 g/mol. The number of aryl methyl sites for hydroxylation is 3. The van der Waals surface area contributed by atoms with Gasteiger partial charge in [0.2, 0.25) is 10.0 Å². The number of sulfonamides is 1. The first-order valence-electron chi connectivity index (χ1n) is 18.2. The first kappa shape index (κ1) is 38.9. The minimum Gasteiger partial charge on any atom is -0.465 e. The maximum absolute atomic E-state index is 14.0. The van der Waals surface area contributed by atoms with Crippen molar-refractivity contribution < 1.29 is 37.1 Å². The zero-order valence-corrected chi connectivity index (χ0v) is 32.5. The smallest absolute Gasteiger partial charge is 0.337 e. The molecule has 0 atom stereocenters. The van der Waals surface area contributed by atoms with Crippen LogP contribution in [0, 0.1) is 0 Å². The zero-order chi connectivity index (χ0) is 38.6. The Morgan fingerprint density at radius 1 is 0.852 bits per heavy atom. The number of fused-ring (bicyclic) bond motifs is 1. The van der Waals surface area contributed by atoms with Gasteiger partial charge in [-0.1, -0.05) is 30.3 Å². The number of amides is 2. The number of anilines is 2. The quantitative estimate of drug-likeness (QED) is 0.128. The number of methoxy groups -OCH3 is 1. The van der Waals surface area contributed by atoms with E-state index in [-0.39, 0.29) is 28.9 Å². The lowest BCUT2D eigenvalue weighted by Crippen LogP contribution is -2.51. The first-order chi connectivity index (χ1) is 25.9. The van der Waals surface area contributed by atoms with Gasteiger partial charge in [-0.3, -0.25) is 14.4 Å². The molecule has 0 radical (unpaired) electrons. The Morgan fingerprint density at radius 2 is 1.50 bits per heavy atom. The monoisotopic (exact) mass is 771 g/mol. The predicted molar refractivity (Wildman–Crippen MR) is 208 cm³/mol. The molecule has 3 aromatic carbocycles. The Labute approximate surface area is 320 Å². The molecule has 0 spiro atoms. The molecule has 0 saturated heterocycles. The summed E-state index contributed by atoms with van der Waals surface area (Å²) >= 11 is 1.38. The molecule has 1 aromatic heterocycles. The number of esters is 2. The lowest BCUT2D eigenvalue weighted by molar-refractivity contribution is -0.149. The van der Waals surface area contributed by atoms with Gasteiger partial charge in [0.25, 0.3) is 11.8 Å². The van der Waals surface area contributed by atoms with Crippen LogP contribution in [-0.4, -0.2) is 61.8 Å². The average Bonchev–Trinajstić information content (AvgIpc) is 3.87. The molecule has 0 bridgehead atoms. The van der Waals surface area contributed by atoms with Gasteiger partial charge in [0.05, 0.1) is 29.7 Å². The number of nitrogens with one attached hydrogen (secondary N) is 2. The Bertz CT molecular complexity index is 2150. The number of hydrogen-bond donors (Lipinski definition) is 2. The number of ether oxygens (including phenoxy) is 2. The maximum Gasteiger partial charge on any atom is 0.337 e. The first-order valence-corrected chi connectivity index (χ1v) is 20.5. The molecule has 0 aliphatic heterocycles. The van der Waals surface area contributed by atoms with Crippen LogP contribution in [0.1, 0.15) is 99.1 Å². The van der Waals surface area contributed by atoms with Crippen LogP contribution in [0.4, 0.5) is 10.7 Å². The fourth-order valence-electron chi connectivity index (χ4n) is 7.04. The highest BCUT2D eigenvalue weighted by atomic mass is 32.2. The number of carbonyl (C=O) groups excluding carboxylic acids is 4. The van der Waals surface area contributed by atoms with E-state index in [4.69, 9.17) is 9.47 Å². The minimum absolute atomic E-state index is 0.105. The van der Waals surface area contributed by atoms with E-state index in [1.807, 2.05) is 36.4 Å². The maximum atomic E-state index is 14.0. The van der Waals surface area contributed by atoms with Crippen LogP contribution < -0.4 is 10.6 Å². The SMILES string of the molecule is CCOC(=O)C1(N(C(C)C)S(=O)(=O)c2cccc(C(=O)Nc3sc4c(c3C(=O)Nc3ccc(CCc5ccc(C(=O)OC)cc5)cc3)CCCC4)c2)CC1. The van der Waals surface area contributed by atoms with E-state index in [2.05, 4.69) is 10.6 Å². The van der Waals surface area contributed by atoms with Crippen LogP contribution in [0.2, 0.25) is 0 Å². The normalized spacial score (nSPS) is 14.6. The standard InChI is InChI=1S/C41H45N3O8S2/c1-5-52-40(48)41(23-24-41)44(26(2)3)54(49,50)32-10-8-9-30(25-32)36(45)43-38-35(33-11-6-7-12-34(33)53-38)37(46)42-31-21-17-28(18-22-31)14-13-27-15-19-29(20-16-27)39(47)51-4/h8-10,15-22,25-26H,5-7,11-14,23-24H2,1-4H3,(H,42,46)(H,43,45). The molecule has 2 aliphatic carbocycles. The van der Waals surface area contributed by atoms with Crippen molar-refractivity contribution in [3.05, 3.63) is 111 Å². The van der Waals surface area contributed by atoms with Crippen LogP contribution in [-0.2, 0) is 50.0 Å². The second-order valence-corrected chi connectivity index (χ2v) is 16.8. The summed E-state index contributed by atoms with van der Waals surface area (Å²) < 4.78 is 39.3. The van der Waals surface area contributed by atoms with Crippen LogP contribution >= 0.6 is 11.3 Å². The highest BCUT2D eigenvalue weighted by Gasteiger charge is 2.61. The van der Waals surface area contributed by atoms with Gasteiger partial charge in [0.15, 0.2) is 0 Å². The minimum atomic E-state index is -4.20. The van der Waals surface area contributed by atoms with Gasteiger partial charge in [-0.25, -0.2) is 13.2 Å². The van der Waals surface area contributed by atoms with Gasteiger partial charge >= 0.3 is 11.9 Å². The van der Waals surface area contributed by atoms with E-state index in [0.717, 1.165) is 53.7 Å². The molecule has 54 heavy (non-hydrogen) atoms. The number of hydrogen-bond acceptors (Lipinski definition) is 9. The van der Waals surface area contributed by atoms with Crippen molar-refractivity contribution in [1.82, 2.24) is 4.31 Å². The molecule has 13 heteroatoms. The fraction of sp³-hybridized carbons (Fsp3) is 0.366. The zero-order valence-electron chi connectivity index (χ0n) is 30.9. The van der Waals surface area contributed by atoms with Gasteiger partial charge in [-0.15, -0.1) is 11.3 Å². The number of thiophene rings is 1. The molecular formula is C41H45N3O8S2. The van der Waals surface area contributed by atoms with E-state index in [1.54, 1.807) is 32.9 Å². The molecule has 2 amide bonds. The summed E-state index contributed by atoms with van der Waals surface area (Å²) in [5.74, 6) is -1.82. The second-order valence-electron chi connectivity index (χ2n) is 13.9. The molecule has 4 aromatic rings. The third-order valence-electron chi connectivity index (χ3n) is 9.84. The Hall–Kier alpha value is -4.85. The largest absolute Gasteiger partial charge is 0.465 e. The van der Waals surface area contributed by atoms with E-state index in [9.17, 15) is 27.6 Å². The molecule has 0 unspecified atom stereocenters. The van der Waals surface area contributed by atoms with Crippen molar-refractivity contribution in [1.29, 1.82) is 0 Å². The molecule has 1 saturated carbocycles. The lowest BCUT2D eigenvalue weighted by Gasteiger charge is -2.32. The Balaban J connectivity index is 1.17. The van der Waals surface area contributed by atoms with Crippen LogP contribution in [0.25, 0.3) is 0 Å². The summed E-state index contributed by atoms with van der Waals surface area (Å²) in [6, 6.07) is 20.2. The average molecular weight is 772 g/mol. The van der Waals surface area contributed by atoms with E-state index < -0.39 is 33.5 Å². The van der Waals surface area contributed by atoms with E-state index >= 15 is 0 Å². The molecule has 2 aliphatic rings. The van der Waals surface area contributed by atoms with Crippen molar-refractivity contribution in [2.75, 3.05) is 24.4 Å². The summed E-state index contributed by atoms with van der Waals surface area (Å²) in [6.45, 7) is 5.24. The van der Waals surface area contributed by atoms with Gasteiger partial charge < -0.3 is 20.1 Å². The second kappa shape index (κ2) is 16.3. The topological polar surface area (TPSA) is 148 Å². The predicted octanol–water partition coefficient (Wildman–Crippen LogP) is 7.20. The summed E-state index contributed by atoms with van der Waals surface area (Å²) in [5, 5.41) is 6.35. The molecule has 1 fully saturated rings. The van der Waals surface area contributed by atoms with Gasteiger partial charge in [0, 0.05) is 22.2 Å². The van der Waals surface area contributed by atoms with Gasteiger partial charge in [-0.05, 0) is 131 Å². The summed E-state index contributed by atoms with van der Waals surface area (Å²) in [5.41, 5.74) is 3.47. The van der Waals surface area contributed by atoms with E-state index in [1.165, 1.54) is 47.0 Å². The summed E-state index contributed by atoms with van der Waals surface area (Å²) in [4.78, 5) is 53.2.